The molecule has 0 saturated carbocycles. The summed E-state index contributed by atoms with van der Waals surface area (Å²) >= 11 is 0. The zero-order chi connectivity index (χ0) is 22.5. The number of ether oxygens (including phenoxy) is 2. The van der Waals surface area contributed by atoms with Crippen LogP contribution in [0.15, 0.2) is 42.5 Å². The van der Waals surface area contributed by atoms with Gasteiger partial charge in [0.05, 0.1) is 23.7 Å². The number of amides is 1. The van der Waals surface area contributed by atoms with Crippen LogP contribution in [-0.2, 0) is 4.79 Å². The van der Waals surface area contributed by atoms with E-state index >= 15 is 0 Å². The van der Waals surface area contributed by atoms with Gasteiger partial charge in [0, 0.05) is 13.1 Å². The van der Waals surface area contributed by atoms with Gasteiger partial charge in [0.1, 0.15) is 11.9 Å². The zero-order valence-corrected chi connectivity index (χ0v) is 18.3. The molecule has 1 saturated heterocycles. The summed E-state index contributed by atoms with van der Waals surface area (Å²) in [6.07, 6.45) is 3.80. The molecule has 3 aromatic rings. The molecule has 2 aromatic carbocycles. The zero-order valence-electron chi connectivity index (χ0n) is 18.3. The maximum atomic E-state index is 12.5. The predicted octanol–water partition coefficient (Wildman–Crippen LogP) is 4.27. The number of benzene rings is 2. The molecule has 32 heavy (non-hydrogen) atoms. The SMILES string of the molecule is COc1cc(/C=C(\C#N)c2nc3ccccc3[nH]2)ccc1OCC(=O)N1CCC(C)CC1. The Morgan fingerprint density at radius 2 is 2.03 bits per heavy atom. The van der Waals surface area contributed by atoms with Gasteiger partial charge in [-0.15, -0.1) is 0 Å². The van der Waals surface area contributed by atoms with E-state index in [1.807, 2.05) is 35.2 Å². The molecule has 4 rings (SSSR count). The molecule has 0 aliphatic carbocycles. The third kappa shape index (κ3) is 4.75. The van der Waals surface area contributed by atoms with Crippen LogP contribution >= 0.6 is 0 Å². The van der Waals surface area contributed by atoms with Gasteiger partial charge in [0.25, 0.3) is 5.91 Å². The lowest BCUT2D eigenvalue weighted by atomic mass is 9.99. The molecule has 1 aromatic heterocycles. The molecule has 1 aliphatic rings. The van der Waals surface area contributed by atoms with E-state index in [-0.39, 0.29) is 12.5 Å². The number of nitriles is 1. The number of likely N-dealkylation sites (tertiary alicyclic amines) is 1. The maximum Gasteiger partial charge on any atom is 0.260 e. The molecule has 0 bridgehead atoms. The predicted molar refractivity (Wildman–Crippen MR) is 123 cm³/mol. The molecule has 0 radical (unpaired) electrons. The lowest BCUT2D eigenvalue weighted by Crippen LogP contribution is -2.40. The van der Waals surface area contributed by atoms with Gasteiger partial charge in [-0.3, -0.25) is 4.79 Å². The fraction of sp³-hybridized carbons (Fsp3) is 0.320. The van der Waals surface area contributed by atoms with Gasteiger partial charge in [-0.1, -0.05) is 25.1 Å². The summed E-state index contributed by atoms with van der Waals surface area (Å²) in [7, 11) is 1.55. The van der Waals surface area contributed by atoms with Crippen LogP contribution in [0.5, 0.6) is 11.5 Å². The van der Waals surface area contributed by atoms with Gasteiger partial charge in [-0.2, -0.15) is 5.26 Å². The second-order valence-corrected chi connectivity index (χ2v) is 8.03. The van der Waals surface area contributed by atoms with Crippen molar-refractivity contribution in [2.75, 3.05) is 26.8 Å². The Kier molecular flexibility index (Phi) is 6.41. The number of nitrogens with one attached hydrogen (secondary N) is 1. The average molecular weight is 431 g/mol. The molecule has 0 unspecified atom stereocenters. The maximum absolute atomic E-state index is 12.5. The molecule has 1 amide bonds. The highest BCUT2D eigenvalue weighted by Crippen LogP contribution is 2.30. The minimum atomic E-state index is -0.0254. The number of aromatic amines is 1. The number of hydrogen-bond acceptors (Lipinski definition) is 5. The highest BCUT2D eigenvalue weighted by atomic mass is 16.5. The fourth-order valence-corrected chi connectivity index (χ4v) is 3.78. The van der Waals surface area contributed by atoms with Crippen molar-refractivity contribution in [3.63, 3.8) is 0 Å². The number of nitrogens with zero attached hydrogens (tertiary/aromatic N) is 3. The Bertz CT molecular complexity index is 1150. The van der Waals surface area contributed by atoms with Crippen LogP contribution in [0.3, 0.4) is 0 Å². The summed E-state index contributed by atoms with van der Waals surface area (Å²) in [5.41, 5.74) is 2.85. The van der Waals surface area contributed by atoms with E-state index in [0.29, 0.717) is 28.8 Å². The molecular weight excluding hydrogens is 404 g/mol. The lowest BCUT2D eigenvalue weighted by Gasteiger charge is -2.30. The largest absolute Gasteiger partial charge is 0.493 e. The van der Waals surface area contributed by atoms with Crippen LogP contribution in [0.1, 0.15) is 31.2 Å². The molecule has 0 spiro atoms. The highest BCUT2D eigenvalue weighted by molar-refractivity contribution is 5.90. The monoisotopic (exact) mass is 430 g/mol. The van der Waals surface area contributed by atoms with E-state index < -0.39 is 0 Å². The first kappa shape index (κ1) is 21.4. The number of imidazole rings is 1. The van der Waals surface area contributed by atoms with E-state index in [4.69, 9.17) is 9.47 Å². The number of piperidine rings is 1. The van der Waals surface area contributed by atoms with Gasteiger partial charge in [0.2, 0.25) is 0 Å². The molecule has 2 heterocycles. The van der Waals surface area contributed by atoms with E-state index in [1.54, 1.807) is 25.3 Å². The fourth-order valence-electron chi connectivity index (χ4n) is 3.78. The minimum Gasteiger partial charge on any atom is -0.493 e. The Morgan fingerprint density at radius 1 is 1.25 bits per heavy atom. The molecule has 1 aliphatic heterocycles. The number of para-hydroxylation sites is 2. The van der Waals surface area contributed by atoms with Crippen LogP contribution in [0, 0.1) is 17.2 Å². The first-order chi connectivity index (χ1) is 15.6. The van der Waals surface area contributed by atoms with Crippen molar-refractivity contribution in [2.45, 2.75) is 19.8 Å². The minimum absolute atomic E-state index is 0.0143. The van der Waals surface area contributed by atoms with E-state index in [0.717, 1.165) is 42.5 Å². The Labute approximate surface area is 187 Å². The van der Waals surface area contributed by atoms with Crippen LogP contribution in [-0.4, -0.2) is 47.6 Å². The van der Waals surface area contributed by atoms with Crippen molar-refractivity contribution in [1.29, 1.82) is 5.26 Å². The molecule has 7 nitrogen and oxygen atoms in total. The standard InChI is InChI=1S/C25H26N4O3/c1-17-9-11-29(12-10-17)24(30)16-32-22-8-7-18(14-23(22)31-2)13-19(15-26)25-27-20-5-3-4-6-21(20)28-25/h3-8,13-14,17H,9-12,16H2,1-2H3,(H,27,28)/b19-13+. The summed E-state index contributed by atoms with van der Waals surface area (Å²) in [4.78, 5) is 22.0. The van der Waals surface area contributed by atoms with Crippen molar-refractivity contribution in [2.24, 2.45) is 5.92 Å². The second kappa shape index (κ2) is 9.56. The molecule has 1 fully saturated rings. The first-order valence-electron chi connectivity index (χ1n) is 10.7. The van der Waals surface area contributed by atoms with Crippen molar-refractivity contribution < 1.29 is 14.3 Å². The Hall–Kier alpha value is -3.79. The highest BCUT2D eigenvalue weighted by Gasteiger charge is 2.21. The lowest BCUT2D eigenvalue weighted by molar-refractivity contribution is -0.134. The average Bonchev–Trinajstić information content (AvgIpc) is 3.25. The summed E-state index contributed by atoms with van der Waals surface area (Å²) in [6, 6.07) is 15.2. The summed E-state index contributed by atoms with van der Waals surface area (Å²) in [6.45, 7) is 3.75. The number of methoxy groups -OCH3 is 1. The number of carbonyl (C=O) groups excluding carboxylic acids is 1. The summed E-state index contributed by atoms with van der Waals surface area (Å²) < 4.78 is 11.2. The number of allylic oxidation sites excluding steroid dienone is 1. The molecular formula is C25H26N4O3. The van der Waals surface area contributed by atoms with Crippen LogP contribution in [0.25, 0.3) is 22.7 Å². The summed E-state index contributed by atoms with van der Waals surface area (Å²) in [5.74, 6) is 2.15. The quantitative estimate of drug-likeness (QED) is 0.590. The van der Waals surface area contributed by atoms with Crippen molar-refractivity contribution in [3.05, 3.63) is 53.9 Å². The Balaban J connectivity index is 1.48. The van der Waals surface area contributed by atoms with Crippen molar-refractivity contribution in [1.82, 2.24) is 14.9 Å². The normalized spacial score (nSPS) is 14.9. The van der Waals surface area contributed by atoms with Gasteiger partial charge in [-0.05, 0) is 54.7 Å². The van der Waals surface area contributed by atoms with Gasteiger partial charge < -0.3 is 19.4 Å². The van der Waals surface area contributed by atoms with Gasteiger partial charge in [0.15, 0.2) is 18.1 Å². The molecule has 7 heteroatoms. The van der Waals surface area contributed by atoms with Crippen LogP contribution < -0.4 is 9.47 Å². The van der Waals surface area contributed by atoms with Crippen molar-refractivity contribution >= 4 is 28.6 Å². The number of aromatic nitrogens is 2. The van der Waals surface area contributed by atoms with E-state index in [9.17, 15) is 10.1 Å². The third-order valence-electron chi connectivity index (χ3n) is 5.75. The molecule has 164 valence electrons. The number of carbonyl (C=O) groups is 1. The topological polar surface area (TPSA) is 91.2 Å². The third-order valence-corrected chi connectivity index (χ3v) is 5.75. The van der Waals surface area contributed by atoms with Gasteiger partial charge in [-0.25, -0.2) is 4.98 Å². The van der Waals surface area contributed by atoms with E-state index in [2.05, 4.69) is 23.0 Å². The number of H-pyrrole nitrogens is 1. The first-order valence-corrected chi connectivity index (χ1v) is 10.7. The smallest absolute Gasteiger partial charge is 0.260 e. The molecule has 1 N–H and O–H groups in total. The van der Waals surface area contributed by atoms with Gasteiger partial charge >= 0.3 is 0 Å². The molecule has 0 atom stereocenters. The Morgan fingerprint density at radius 3 is 2.75 bits per heavy atom. The number of fused-ring (bicyclic) bond motifs is 1. The number of rotatable bonds is 6. The van der Waals surface area contributed by atoms with E-state index in [1.165, 1.54) is 0 Å². The van der Waals surface area contributed by atoms with Crippen molar-refractivity contribution in [3.8, 4) is 17.6 Å². The number of hydrogen-bond donors (Lipinski definition) is 1. The summed E-state index contributed by atoms with van der Waals surface area (Å²) in [5, 5.41) is 9.66. The van der Waals surface area contributed by atoms with Crippen LogP contribution in [0.4, 0.5) is 0 Å². The second-order valence-electron chi connectivity index (χ2n) is 8.03. The van der Waals surface area contributed by atoms with Crippen LogP contribution in [0.2, 0.25) is 0 Å².